The minimum absolute atomic E-state index is 0.0218. The van der Waals surface area contributed by atoms with Crippen molar-refractivity contribution in [1.82, 2.24) is 20.3 Å². The van der Waals surface area contributed by atoms with Crippen molar-refractivity contribution < 1.29 is 22.7 Å². The van der Waals surface area contributed by atoms with Gasteiger partial charge in [0, 0.05) is 18.4 Å². The van der Waals surface area contributed by atoms with Crippen LogP contribution in [0.3, 0.4) is 0 Å². The third kappa shape index (κ3) is 5.15. The van der Waals surface area contributed by atoms with Crippen LogP contribution in [-0.4, -0.2) is 49.8 Å². The monoisotopic (exact) mass is 430 g/mol. The molecule has 0 saturated heterocycles. The van der Waals surface area contributed by atoms with E-state index in [1.807, 2.05) is 6.07 Å². The van der Waals surface area contributed by atoms with Crippen LogP contribution >= 0.6 is 0 Å². The van der Waals surface area contributed by atoms with Crippen LogP contribution in [0.4, 0.5) is 0 Å². The zero-order valence-corrected chi connectivity index (χ0v) is 17.6. The predicted octanol–water partition coefficient (Wildman–Crippen LogP) is 1.68. The maximum absolute atomic E-state index is 12.3. The molecule has 3 aromatic rings. The average molecular weight is 430 g/mol. The Balaban J connectivity index is 1.63. The van der Waals surface area contributed by atoms with Crippen LogP contribution in [0.15, 0.2) is 53.6 Å². The van der Waals surface area contributed by atoms with E-state index in [4.69, 9.17) is 9.47 Å². The Morgan fingerprint density at radius 2 is 1.87 bits per heavy atom. The molecule has 0 radical (unpaired) electrons. The molecule has 0 bridgehead atoms. The van der Waals surface area contributed by atoms with Gasteiger partial charge in [-0.25, -0.2) is 13.1 Å². The summed E-state index contributed by atoms with van der Waals surface area (Å²) in [5.74, 6) is 0.954. The molecule has 0 spiro atoms. The summed E-state index contributed by atoms with van der Waals surface area (Å²) in [6.45, 7) is 0.295. The maximum Gasteiger partial charge on any atom is 0.242 e. The smallest absolute Gasteiger partial charge is 0.242 e. The fourth-order valence-corrected chi connectivity index (χ4v) is 3.46. The van der Waals surface area contributed by atoms with Gasteiger partial charge in [-0.1, -0.05) is 23.4 Å². The van der Waals surface area contributed by atoms with Crippen molar-refractivity contribution in [2.24, 2.45) is 0 Å². The van der Waals surface area contributed by atoms with Crippen LogP contribution in [0.5, 0.6) is 11.5 Å². The van der Waals surface area contributed by atoms with E-state index in [0.717, 1.165) is 11.8 Å². The fraction of sp³-hybridized carbons (Fsp3) is 0.250. The molecule has 10 heteroatoms. The van der Waals surface area contributed by atoms with Crippen LogP contribution in [0, 0.1) is 0 Å². The molecule has 0 unspecified atom stereocenters. The molecular formula is C20H22N4O5S. The first-order valence-corrected chi connectivity index (χ1v) is 10.9. The molecule has 1 aromatic heterocycles. The third-order valence-corrected chi connectivity index (χ3v) is 5.45. The molecule has 0 aliphatic carbocycles. The largest absolute Gasteiger partial charge is 0.493 e. The van der Waals surface area contributed by atoms with Gasteiger partial charge in [-0.15, -0.1) is 5.10 Å². The molecular weight excluding hydrogens is 408 g/mol. The second kappa shape index (κ2) is 8.95. The van der Waals surface area contributed by atoms with Gasteiger partial charge < -0.3 is 14.8 Å². The first kappa shape index (κ1) is 21.3. The molecule has 30 heavy (non-hydrogen) atoms. The molecule has 9 nitrogen and oxygen atoms in total. The molecule has 3 rings (SSSR count). The highest BCUT2D eigenvalue weighted by Gasteiger charge is 2.12. The van der Waals surface area contributed by atoms with Gasteiger partial charge in [-0.3, -0.25) is 4.79 Å². The SMILES string of the molecule is COc1ccc(CNC(=O)Cn2cc(-c3cccc(S(C)(=O)=O)c3)nn2)cc1OC. The molecule has 0 atom stereocenters. The Morgan fingerprint density at radius 3 is 2.57 bits per heavy atom. The van der Waals surface area contributed by atoms with E-state index in [-0.39, 0.29) is 17.3 Å². The Labute approximate surface area is 174 Å². The molecule has 158 valence electrons. The average Bonchev–Trinajstić information content (AvgIpc) is 3.20. The van der Waals surface area contributed by atoms with E-state index in [2.05, 4.69) is 15.6 Å². The van der Waals surface area contributed by atoms with Crippen LogP contribution in [0.1, 0.15) is 5.56 Å². The topological polar surface area (TPSA) is 112 Å². The predicted molar refractivity (Wildman–Crippen MR) is 110 cm³/mol. The molecule has 0 saturated carbocycles. The van der Waals surface area contributed by atoms with E-state index in [1.54, 1.807) is 44.7 Å². The quantitative estimate of drug-likeness (QED) is 0.579. The number of rotatable bonds is 8. The van der Waals surface area contributed by atoms with Crippen molar-refractivity contribution in [2.45, 2.75) is 18.0 Å². The molecule has 0 fully saturated rings. The van der Waals surface area contributed by atoms with Crippen molar-refractivity contribution in [1.29, 1.82) is 0 Å². The summed E-state index contributed by atoms with van der Waals surface area (Å²) in [4.78, 5) is 12.5. The van der Waals surface area contributed by atoms with Gasteiger partial charge in [0.05, 0.1) is 25.3 Å². The number of nitrogens with one attached hydrogen (secondary N) is 1. The van der Waals surface area contributed by atoms with Crippen LogP contribution in [-0.2, 0) is 27.7 Å². The van der Waals surface area contributed by atoms with Gasteiger partial charge in [-0.2, -0.15) is 0 Å². The maximum atomic E-state index is 12.3. The van der Waals surface area contributed by atoms with Crippen molar-refractivity contribution in [3.8, 4) is 22.8 Å². The molecule has 1 heterocycles. The number of ether oxygens (including phenoxy) is 2. The number of aromatic nitrogens is 3. The fourth-order valence-electron chi connectivity index (χ4n) is 2.79. The lowest BCUT2D eigenvalue weighted by Gasteiger charge is -2.10. The second-order valence-electron chi connectivity index (χ2n) is 6.57. The van der Waals surface area contributed by atoms with Gasteiger partial charge in [0.25, 0.3) is 0 Å². The number of hydrogen-bond acceptors (Lipinski definition) is 7. The molecule has 1 N–H and O–H groups in total. The highest BCUT2D eigenvalue weighted by molar-refractivity contribution is 7.90. The number of carbonyl (C=O) groups is 1. The lowest BCUT2D eigenvalue weighted by molar-refractivity contribution is -0.122. The van der Waals surface area contributed by atoms with Gasteiger partial charge in [0.15, 0.2) is 21.3 Å². The first-order valence-electron chi connectivity index (χ1n) is 8.98. The zero-order valence-electron chi connectivity index (χ0n) is 16.8. The standard InChI is InChI=1S/C20H22N4O5S/c1-28-18-8-7-14(9-19(18)29-2)11-21-20(25)13-24-12-17(22-23-24)15-5-4-6-16(10-15)30(3,26)27/h4-10,12H,11,13H2,1-3H3,(H,21,25). The van der Waals surface area contributed by atoms with E-state index in [0.29, 0.717) is 29.3 Å². The Hall–Kier alpha value is -3.40. The summed E-state index contributed by atoms with van der Waals surface area (Å²) in [7, 11) is -0.216. The normalized spacial score (nSPS) is 11.2. The zero-order chi connectivity index (χ0) is 21.7. The number of benzene rings is 2. The summed E-state index contributed by atoms with van der Waals surface area (Å²) in [5.41, 5.74) is 1.95. The highest BCUT2D eigenvalue weighted by Crippen LogP contribution is 2.27. The lowest BCUT2D eigenvalue weighted by atomic mass is 10.2. The summed E-state index contributed by atoms with van der Waals surface area (Å²) in [6.07, 6.45) is 2.74. The van der Waals surface area contributed by atoms with Crippen LogP contribution in [0.2, 0.25) is 0 Å². The van der Waals surface area contributed by atoms with Crippen LogP contribution < -0.4 is 14.8 Å². The van der Waals surface area contributed by atoms with E-state index >= 15 is 0 Å². The van der Waals surface area contributed by atoms with Gasteiger partial charge >= 0.3 is 0 Å². The molecule has 2 aromatic carbocycles. The van der Waals surface area contributed by atoms with Crippen molar-refractivity contribution in [2.75, 3.05) is 20.5 Å². The molecule has 1 amide bonds. The lowest BCUT2D eigenvalue weighted by Crippen LogP contribution is -2.27. The highest BCUT2D eigenvalue weighted by atomic mass is 32.2. The molecule has 0 aliphatic heterocycles. The number of amides is 1. The second-order valence-corrected chi connectivity index (χ2v) is 8.58. The number of nitrogens with zero attached hydrogens (tertiary/aromatic N) is 3. The Morgan fingerprint density at radius 1 is 1.10 bits per heavy atom. The summed E-state index contributed by atoms with van der Waals surface area (Å²) in [5, 5.41) is 10.8. The van der Waals surface area contributed by atoms with Crippen molar-refractivity contribution in [3.63, 3.8) is 0 Å². The number of hydrogen-bond donors (Lipinski definition) is 1. The number of methoxy groups -OCH3 is 2. The Bertz CT molecular complexity index is 1160. The van der Waals surface area contributed by atoms with Crippen LogP contribution in [0.25, 0.3) is 11.3 Å². The summed E-state index contributed by atoms with van der Waals surface area (Å²) in [6, 6.07) is 11.8. The van der Waals surface area contributed by atoms with Crippen molar-refractivity contribution in [3.05, 3.63) is 54.2 Å². The minimum Gasteiger partial charge on any atom is -0.493 e. The van der Waals surface area contributed by atoms with E-state index in [9.17, 15) is 13.2 Å². The van der Waals surface area contributed by atoms with E-state index < -0.39 is 9.84 Å². The van der Waals surface area contributed by atoms with Gasteiger partial charge in [0.2, 0.25) is 5.91 Å². The first-order chi connectivity index (χ1) is 14.3. The van der Waals surface area contributed by atoms with Gasteiger partial charge in [0.1, 0.15) is 12.2 Å². The number of sulfone groups is 1. The minimum atomic E-state index is -3.32. The van der Waals surface area contributed by atoms with E-state index in [1.165, 1.54) is 16.8 Å². The van der Waals surface area contributed by atoms with Gasteiger partial charge in [-0.05, 0) is 29.8 Å². The summed E-state index contributed by atoms with van der Waals surface area (Å²) < 4.78 is 35.3. The van der Waals surface area contributed by atoms with Crippen molar-refractivity contribution >= 4 is 15.7 Å². The summed E-state index contributed by atoms with van der Waals surface area (Å²) >= 11 is 0. The third-order valence-electron chi connectivity index (χ3n) is 4.34. The number of carbonyl (C=O) groups excluding carboxylic acids is 1. The molecule has 0 aliphatic rings. The Kier molecular flexibility index (Phi) is 6.36.